The van der Waals surface area contributed by atoms with E-state index in [0.29, 0.717) is 10.0 Å². The first-order chi connectivity index (χ1) is 26.8. The summed E-state index contributed by atoms with van der Waals surface area (Å²) in [7, 11) is 0. The van der Waals surface area contributed by atoms with Crippen LogP contribution >= 0.6 is 55.1 Å². The zero-order chi connectivity index (χ0) is 39.3. The van der Waals surface area contributed by atoms with Gasteiger partial charge in [0, 0.05) is 41.3 Å². The summed E-state index contributed by atoms with van der Waals surface area (Å²) < 4.78 is 1.92. The average molecular weight is 896 g/mol. The first-order valence-corrected chi connectivity index (χ1v) is 21.4. The van der Waals surface area contributed by atoms with Crippen molar-refractivity contribution in [1.29, 1.82) is 0 Å². The predicted octanol–water partition coefficient (Wildman–Crippen LogP) is 14.9. The second kappa shape index (κ2) is 13.7. The maximum absolute atomic E-state index is 7.29. The molecule has 0 spiro atoms. The summed E-state index contributed by atoms with van der Waals surface area (Å²) in [5.74, 6) is 0. The van der Waals surface area contributed by atoms with Crippen LogP contribution in [0.5, 0.6) is 0 Å². The second-order valence-corrected chi connectivity index (χ2v) is 19.5. The molecule has 0 saturated heterocycles. The summed E-state index contributed by atoms with van der Waals surface area (Å²) in [5.41, 5.74) is 18.6. The van der Waals surface area contributed by atoms with Gasteiger partial charge in [-0.2, -0.15) is 0 Å². The number of benzene rings is 7. The van der Waals surface area contributed by atoms with Gasteiger partial charge in [-0.1, -0.05) is 206 Å². The van der Waals surface area contributed by atoms with E-state index in [1.54, 1.807) is 0 Å². The third-order valence-corrected chi connectivity index (χ3v) is 13.4. The van der Waals surface area contributed by atoms with Crippen molar-refractivity contribution in [1.82, 2.24) is 0 Å². The highest BCUT2D eigenvalue weighted by Gasteiger charge is 2.36. The average Bonchev–Trinajstić information content (AvgIpc) is 3.67. The lowest BCUT2D eigenvalue weighted by Gasteiger charge is -2.22. The molecule has 0 amide bonds. The first kappa shape index (κ1) is 37.4. The van der Waals surface area contributed by atoms with Gasteiger partial charge in [0.15, 0.2) is 0 Å². The predicted molar refractivity (Wildman–Crippen MR) is 246 cm³/mol. The monoisotopic (exact) mass is 892 g/mol. The number of hydrogen-bond acceptors (Lipinski definition) is 0. The second-order valence-electron chi connectivity index (χ2n) is 16.9. The van der Waals surface area contributed by atoms with E-state index in [2.05, 4.69) is 183 Å². The molecule has 7 aromatic rings. The molecule has 0 nitrogen and oxygen atoms in total. The molecule has 0 bridgehead atoms. The Balaban J connectivity index is 1.62. The largest absolute Gasteiger partial charge is 0.0836 e. The highest BCUT2D eigenvalue weighted by atomic mass is 79.9. The van der Waals surface area contributed by atoms with Crippen molar-refractivity contribution < 1.29 is 0 Å². The fourth-order valence-corrected chi connectivity index (χ4v) is 10.6. The summed E-state index contributed by atoms with van der Waals surface area (Å²) in [6.45, 7) is 13.6. The lowest BCUT2D eigenvalue weighted by molar-refractivity contribution is 0.590. The van der Waals surface area contributed by atoms with Crippen molar-refractivity contribution in [2.24, 2.45) is 0 Å². The molecule has 0 aliphatic heterocycles. The van der Waals surface area contributed by atoms with Crippen LogP contribution in [0, 0.1) is 0 Å². The van der Waals surface area contributed by atoms with E-state index in [9.17, 15) is 0 Å². The Morgan fingerprint density at radius 1 is 0.357 bits per heavy atom. The van der Waals surface area contributed by atoms with Crippen LogP contribution in [-0.2, 0) is 10.8 Å². The van der Waals surface area contributed by atoms with Gasteiger partial charge in [-0.3, -0.25) is 0 Å². The van der Waals surface area contributed by atoms with E-state index >= 15 is 0 Å². The van der Waals surface area contributed by atoms with Crippen LogP contribution in [0.4, 0.5) is 0 Å². The van der Waals surface area contributed by atoms with Crippen LogP contribution in [-0.4, -0.2) is 0 Å². The lowest BCUT2D eigenvalue weighted by atomic mass is 9.81. The first-order valence-electron chi connectivity index (χ1n) is 19.0. The summed E-state index contributed by atoms with van der Waals surface area (Å²) in [6.07, 6.45) is 0. The lowest BCUT2D eigenvalue weighted by Crippen LogP contribution is -2.23. The summed E-state index contributed by atoms with van der Waals surface area (Å²) >= 11 is 22.5. The van der Waals surface area contributed by atoms with Crippen LogP contribution < -0.4 is 10.4 Å². The highest BCUT2D eigenvalue weighted by molar-refractivity contribution is 9.10. The Morgan fingerprint density at radius 3 is 1.02 bits per heavy atom. The zero-order valence-corrected chi connectivity index (χ0v) is 36.9. The molecule has 9 rings (SSSR count). The number of fused-ring (bicyclic) bond motifs is 6. The normalized spacial score (nSPS) is 13.1. The number of halogens is 4. The molecule has 0 heterocycles. The zero-order valence-electron chi connectivity index (χ0n) is 32.2. The van der Waals surface area contributed by atoms with Crippen molar-refractivity contribution in [3.05, 3.63) is 196 Å². The Hall–Kier alpha value is -4.18. The van der Waals surface area contributed by atoms with Gasteiger partial charge in [0.2, 0.25) is 0 Å². The molecular weight excluding hydrogens is 855 g/mol. The highest BCUT2D eigenvalue weighted by Crippen LogP contribution is 2.50. The molecule has 276 valence electrons. The van der Waals surface area contributed by atoms with Gasteiger partial charge in [0.05, 0.1) is 0 Å². The topological polar surface area (TPSA) is 0 Å². The van der Waals surface area contributed by atoms with Gasteiger partial charge in [0.25, 0.3) is 0 Å². The van der Waals surface area contributed by atoms with Crippen molar-refractivity contribution in [3.8, 4) is 44.5 Å². The molecule has 0 saturated carbocycles. The molecule has 2 aliphatic rings. The van der Waals surface area contributed by atoms with E-state index in [-0.39, 0.29) is 10.8 Å². The number of rotatable bonds is 4. The fourth-order valence-electron chi connectivity index (χ4n) is 8.74. The SMILES string of the molecule is CC(C)(C)c1ccc(-c2c3c(c(-c4ccc(C(C)(C)C)cc4)c4c2=C(c2c(Cl)cccc2Br)c2ccccc2-4)=C(c2c(Cl)cccc2Br)c2ccccc2-3)cc1. The molecule has 0 N–H and O–H groups in total. The van der Waals surface area contributed by atoms with Crippen molar-refractivity contribution in [2.75, 3.05) is 0 Å². The van der Waals surface area contributed by atoms with E-state index in [1.165, 1.54) is 54.9 Å². The van der Waals surface area contributed by atoms with Gasteiger partial charge in [-0.15, -0.1) is 0 Å². The maximum Gasteiger partial charge on any atom is 0.0496 e. The molecule has 0 unspecified atom stereocenters. The minimum absolute atomic E-state index is 0.00529. The van der Waals surface area contributed by atoms with Gasteiger partial charge in [0.1, 0.15) is 0 Å². The maximum atomic E-state index is 7.29. The quantitative estimate of drug-likeness (QED) is 0.165. The smallest absolute Gasteiger partial charge is 0.0496 e. The van der Waals surface area contributed by atoms with Gasteiger partial charge in [-0.05, 0) is 112 Å². The van der Waals surface area contributed by atoms with Gasteiger partial charge < -0.3 is 0 Å². The van der Waals surface area contributed by atoms with Gasteiger partial charge >= 0.3 is 0 Å². The van der Waals surface area contributed by atoms with E-state index in [1.807, 2.05) is 24.3 Å². The third kappa shape index (κ3) is 5.90. The summed E-state index contributed by atoms with van der Waals surface area (Å²) in [4.78, 5) is 0. The molecule has 0 fully saturated rings. The Labute approximate surface area is 356 Å². The van der Waals surface area contributed by atoms with Crippen LogP contribution in [0.1, 0.15) is 74.9 Å². The minimum atomic E-state index is 0.00529. The molecule has 0 radical (unpaired) electrons. The Morgan fingerprint density at radius 2 is 0.696 bits per heavy atom. The molecule has 2 aliphatic carbocycles. The third-order valence-electron chi connectivity index (χ3n) is 11.4. The molecule has 56 heavy (non-hydrogen) atoms. The molecule has 7 aromatic carbocycles. The van der Waals surface area contributed by atoms with Gasteiger partial charge in [-0.25, -0.2) is 0 Å². The minimum Gasteiger partial charge on any atom is -0.0836 e. The number of hydrogen-bond donors (Lipinski definition) is 0. The van der Waals surface area contributed by atoms with Crippen molar-refractivity contribution in [3.63, 3.8) is 0 Å². The Kier molecular flexibility index (Phi) is 9.18. The van der Waals surface area contributed by atoms with Crippen molar-refractivity contribution in [2.45, 2.75) is 52.4 Å². The van der Waals surface area contributed by atoms with E-state index in [0.717, 1.165) is 53.5 Å². The van der Waals surface area contributed by atoms with E-state index < -0.39 is 0 Å². The summed E-state index contributed by atoms with van der Waals surface area (Å²) in [5, 5.41) is 3.78. The van der Waals surface area contributed by atoms with Crippen molar-refractivity contribution >= 4 is 66.2 Å². The van der Waals surface area contributed by atoms with Crippen LogP contribution in [0.2, 0.25) is 10.0 Å². The van der Waals surface area contributed by atoms with Crippen LogP contribution in [0.25, 0.3) is 55.7 Å². The molecule has 0 aromatic heterocycles. The fraction of sp³-hybridized carbons (Fsp3) is 0.154. The summed E-state index contributed by atoms with van der Waals surface area (Å²) in [6, 6.07) is 48.4. The standard InChI is InChI=1S/C52H40Br2Cl2/c1-51(2,3)31-25-21-29(22-26-31)41-43-33-13-7-9-15-35(33)46(48-38(54)18-12-20-40(48)56)50(43)42(30-23-27-32(28-24-30)52(4,5)6)44-34-14-8-10-16-36(34)45(49(41)44)47-37(53)17-11-19-39(47)55/h7-28H,1-6H3. The van der Waals surface area contributed by atoms with E-state index in [4.69, 9.17) is 23.2 Å². The van der Waals surface area contributed by atoms with Crippen LogP contribution in [0.3, 0.4) is 0 Å². The molecular formula is C52H40Br2Cl2. The Bertz CT molecular complexity index is 2650. The molecule has 0 atom stereocenters. The molecule has 4 heteroatoms. The van der Waals surface area contributed by atoms with Crippen LogP contribution in [0.15, 0.2) is 142 Å².